The summed E-state index contributed by atoms with van der Waals surface area (Å²) in [4.78, 5) is 52.0. The van der Waals surface area contributed by atoms with Gasteiger partial charge in [-0.25, -0.2) is 4.79 Å². The largest absolute Gasteiger partial charge is 0.493 e. The van der Waals surface area contributed by atoms with Crippen molar-refractivity contribution in [2.45, 2.75) is 0 Å². The third kappa shape index (κ3) is 5.78. The number of imide groups is 1. The van der Waals surface area contributed by atoms with Crippen LogP contribution in [0.1, 0.15) is 15.9 Å². The normalized spacial score (nSPS) is 14.1. The maximum Gasteiger partial charge on any atom is 0.344 e. The molecule has 0 aliphatic carbocycles. The van der Waals surface area contributed by atoms with Gasteiger partial charge in [0.15, 0.2) is 11.5 Å². The van der Waals surface area contributed by atoms with E-state index < -0.39 is 29.6 Å². The maximum absolute atomic E-state index is 13.1. The predicted molar refractivity (Wildman–Crippen MR) is 157 cm³/mol. The summed E-state index contributed by atoms with van der Waals surface area (Å²) < 4.78 is 11.6. The predicted octanol–water partition coefficient (Wildman–Crippen LogP) is 6.51. The Balaban J connectivity index is 1.34. The van der Waals surface area contributed by atoms with Crippen LogP contribution in [0, 0.1) is 0 Å². The zero-order valence-corrected chi connectivity index (χ0v) is 23.5. The van der Waals surface area contributed by atoms with Gasteiger partial charge in [-0.15, -0.1) is 0 Å². The zero-order chi connectivity index (χ0) is 28.2. The van der Waals surface area contributed by atoms with Crippen molar-refractivity contribution in [1.82, 2.24) is 4.90 Å². The number of hydrogen-bond acceptors (Lipinski definition) is 7. The molecule has 1 aliphatic heterocycles. The first kappa shape index (κ1) is 27.2. The number of rotatable bonds is 7. The lowest BCUT2D eigenvalue weighted by Gasteiger charge is -2.13. The van der Waals surface area contributed by atoms with Gasteiger partial charge in [-0.05, 0) is 80.4 Å². The molecule has 0 aromatic heterocycles. The molecule has 40 heavy (non-hydrogen) atoms. The van der Waals surface area contributed by atoms with E-state index in [-0.39, 0.29) is 16.4 Å². The minimum absolute atomic E-state index is 0.145. The summed E-state index contributed by atoms with van der Waals surface area (Å²) in [6, 6.07) is 24.9. The number of thioether (sulfide) groups is 1. The highest BCUT2D eigenvalue weighted by molar-refractivity contribution is 9.10. The number of amides is 3. The Morgan fingerprint density at radius 2 is 1.70 bits per heavy atom. The Labute approximate surface area is 242 Å². The molecule has 0 unspecified atom stereocenters. The van der Waals surface area contributed by atoms with Crippen LogP contribution in [-0.2, 0) is 9.59 Å². The number of halogens is 1. The first-order valence-electron chi connectivity index (χ1n) is 12.0. The van der Waals surface area contributed by atoms with Gasteiger partial charge in [0, 0.05) is 5.69 Å². The van der Waals surface area contributed by atoms with Crippen molar-refractivity contribution in [3.63, 3.8) is 0 Å². The third-order valence-corrected chi connectivity index (χ3v) is 7.48. The quantitative estimate of drug-likeness (QED) is 0.143. The van der Waals surface area contributed by atoms with E-state index in [0.717, 1.165) is 27.4 Å². The molecule has 0 radical (unpaired) electrons. The first-order valence-corrected chi connectivity index (χ1v) is 13.6. The molecule has 0 bridgehead atoms. The van der Waals surface area contributed by atoms with E-state index in [0.29, 0.717) is 21.3 Å². The van der Waals surface area contributed by atoms with Crippen LogP contribution in [0.3, 0.4) is 0 Å². The second-order valence-electron chi connectivity index (χ2n) is 8.63. The number of ether oxygens (including phenoxy) is 2. The smallest absolute Gasteiger partial charge is 0.344 e. The van der Waals surface area contributed by atoms with Crippen LogP contribution in [0.25, 0.3) is 16.8 Å². The van der Waals surface area contributed by atoms with Crippen molar-refractivity contribution < 1.29 is 28.7 Å². The monoisotopic (exact) mass is 616 g/mol. The van der Waals surface area contributed by atoms with Crippen molar-refractivity contribution >= 4 is 73.3 Å². The number of carbonyl (C=O) groups excluding carboxylic acids is 4. The summed E-state index contributed by atoms with van der Waals surface area (Å²) in [6.07, 6.45) is 1.52. The number of nitrogens with zero attached hydrogens (tertiary/aromatic N) is 1. The number of para-hydroxylation sites is 1. The van der Waals surface area contributed by atoms with Gasteiger partial charge in [-0.3, -0.25) is 19.3 Å². The van der Waals surface area contributed by atoms with Crippen molar-refractivity contribution in [3.8, 4) is 11.5 Å². The molecule has 1 fully saturated rings. The van der Waals surface area contributed by atoms with Gasteiger partial charge in [-0.1, -0.05) is 54.6 Å². The van der Waals surface area contributed by atoms with E-state index in [4.69, 9.17) is 9.47 Å². The van der Waals surface area contributed by atoms with Crippen molar-refractivity contribution in [3.05, 3.63) is 105 Å². The zero-order valence-electron chi connectivity index (χ0n) is 21.1. The molecule has 1 saturated heterocycles. The van der Waals surface area contributed by atoms with Crippen LogP contribution in [0.5, 0.6) is 11.5 Å². The summed E-state index contributed by atoms with van der Waals surface area (Å²) in [6.45, 7) is -0.410. The highest BCUT2D eigenvalue weighted by Gasteiger charge is 2.36. The van der Waals surface area contributed by atoms with Gasteiger partial charge in [0.1, 0.15) is 6.54 Å². The molecule has 0 atom stereocenters. The summed E-state index contributed by atoms with van der Waals surface area (Å²) in [5, 5.41) is 3.78. The van der Waals surface area contributed by atoms with Crippen LogP contribution < -0.4 is 14.8 Å². The maximum atomic E-state index is 13.1. The Bertz CT molecular complexity index is 1680. The highest BCUT2D eigenvalue weighted by Crippen LogP contribution is 2.39. The fourth-order valence-electron chi connectivity index (χ4n) is 4.13. The van der Waals surface area contributed by atoms with Gasteiger partial charge in [0.2, 0.25) is 5.91 Å². The summed E-state index contributed by atoms with van der Waals surface area (Å²) in [5.41, 5.74) is 1.49. The minimum Gasteiger partial charge on any atom is -0.493 e. The number of hydrogen-bond donors (Lipinski definition) is 1. The molecule has 8 nitrogen and oxygen atoms in total. The lowest BCUT2D eigenvalue weighted by atomic mass is 10.0. The summed E-state index contributed by atoms with van der Waals surface area (Å²) >= 11 is 4.17. The van der Waals surface area contributed by atoms with E-state index in [1.165, 1.54) is 13.2 Å². The van der Waals surface area contributed by atoms with E-state index >= 15 is 0 Å². The molecule has 4 aromatic carbocycles. The number of benzene rings is 4. The van der Waals surface area contributed by atoms with Crippen LogP contribution in [0.15, 0.2) is 94.3 Å². The van der Waals surface area contributed by atoms with Gasteiger partial charge in [0.05, 0.1) is 22.1 Å². The third-order valence-electron chi connectivity index (χ3n) is 5.99. The van der Waals surface area contributed by atoms with Crippen LogP contribution in [0.4, 0.5) is 10.5 Å². The van der Waals surface area contributed by atoms with E-state index in [1.807, 2.05) is 36.4 Å². The number of fused-ring (bicyclic) bond motifs is 1. The lowest BCUT2D eigenvalue weighted by Crippen LogP contribution is -2.36. The van der Waals surface area contributed by atoms with Gasteiger partial charge >= 0.3 is 5.97 Å². The molecule has 3 amide bonds. The summed E-state index contributed by atoms with van der Waals surface area (Å²) in [5.74, 6) is -1.21. The first-order chi connectivity index (χ1) is 19.3. The Kier molecular flexibility index (Phi) is 7.99. The Morgan fingerprint density at radius 3 is 2.48 bits per heavy atom. The molecule has 1 aliphatic rings. The Hall–Kier alpha value is -4.41. The second-order valence-corrected chi connectivity index (χ2v) is 10.5. The molecular weight excluding hydrogens is 596 g/mol. The van der Waals surface area contributed by atoms with Crippen LogP contribution in [0.2, 0.25) is 0 Å². The number of carbonyl (C=O) groups is 4. The highest BCUT2D eigenvalue weighted by atomic mass is 79.9. The van der Waals surface area contributed by atoms with E-state index in [1.54, 1.807) is 48.5 Å². The van der Waals surface area contributed by atoms with Crippen LogP contribution >= 0.6 is 27.7 Å². The fourth-order valence-corrected chi connectivity index (χ4v) is 5.51. The van der Waals surface area contributed by atoms with Crippen molar-refractivity contribution in [1.29, 1.82) is 0 Å². The summed E-state index contributed by atoms with van der Waals surface area (Å²) in [7, 11) is 1.43. The van der Waals surface area contributed by atoms with E-state index in [2.05, 4.69) is 21.2 Å². The Morgan fingerprint density at radius 1 is 0.975 bits per heavy atom. The average molecular weight is 617 g/mol. The number of methoxy groups -OCH3 is 1. The van der Waals surface area contributed by atoms with Crippen LogP contribution in [-0.4, -0.2) is 41.6 Å². The number of nitrogens with one attached hydrogen (secondary N) is 1. The molecule has 5 rings (SSSR count). The van der Waals surface area contributed by atoms with Gasteiger partial charge < -0.3 is 14.8 Å². The average Bonchev–Trinajstić information content (AvgIpc) is 3.21. The molecule has 4 aromatic rings. The van der Waals surface area contributed by atoms with Gasteiger partial charge in [-0.2, -0.15) is 0 Å². The van der Waals surface area contributed by atoms with Crippen molar-refractivity contribution in [2.75, 3.05) is 19.0 Å². The van der Waals surface area contributed by atoms with E-state index in [9.17, 15) is 19.2 Å². The fraction of sp³-hybridized carbons (Fsp3) is 0.0667. The molecule has 1 heterocycles. The topological polar surface area (TPSA) is 102 Å². The van der Waals surface area contributed by atoms with Crippen molar-refractivity contribution in [2.24, 2.45) is 0 Å². The molecule has 0 saturated carbocycles. The van der Waals surface area contributed by atoms with Gasteiger partial charge in [0.25, 0.3) is 11.1 Å². The molecule has 10 heteroatoms. The molecule has 1 N–H and O–H groups in total. The second kappa shape index (κ2) is 11.8. The number of anilines is 1. The minimum atomic E-state index is -0.584. The molecule has 200 valence electrons. The molecule has 0 spiro atoms. The SMILES string of the molecule is COc1cc(/C=C2\SC(=O)N(CC(=O)Nc3ccccc3)C2=O)cc(Br)c1OC(=O)c1cccc2ccccc12. The lowest BCUT2D eigenvalue weighted by molar-refractivity contribution is -0.127. The standard InChI is InChI=1S/C30H21BrN2O6S/c1-38-24-15-18(14-23(31)27(24)39-29(36)22-13-7-9-19-8-5-6-12-21(19)22)16-25-28(35)33(30(37)40-25)17-26(34)32-20-10-3-2-4-11-20/h2-16H,17H2,1H3,(H,32,34)/b25-16-. The number of esters is 1. The molecular formula is C30H21BrN2O6S.